The number of ether oxygens (including phenoxy) is 1. The molecule has 4 rings (SSSR count). The number of aromatic nitrogens is 3. The number of hydrogen-bond acceptors (Lipinski definition) is 9. The van der Waals surface area contributed by atoms with Gasteiger partial charge in [-0.05, 0) is 32.4 Å². The summed E-state index contributed by atoms with van der Waals surface area (Å²) >= 11 is 1.45. The van der Waals surface area contributed by atoms with E-state index >= 15 is 0 Å². The van der Waals surface area contributed by atoms with E-state index in [1.165, 1.54) is 17.7 Å². The van der Waals surface area contributed by atoms with Crippen molar-refractivity contribution in [2.45, 2.75) is 75.9 Å². The predicted octanol–water partition coefficient (Wildman–Crippen LogP) is 3.01. The second kappa shape index (κ2) is 10.5. The first-order valence-electron chi connectivity index (χ1n) is 11.9. The third-order valence-electron chi connectivity index (χ3n) is 6.40. The SMILES string of the molecule is CN1CCc2nc(C(=O)N[C@@H]3C[C@@H](c4ncno4)CC[C@@H]3NC(=O)OCC[Si](C)(C)C)sc2C1. The molecule has 1 aliphatic heterocycles. The van der Waals surface area contributed by atoms with Crippen molar-refractivity contribution in [2.75, 3.05) is 20.2 Å². The minimum Gasteiger partial charge on any atom is -0.450 e. The number of thiazole rings is 1. The maximum atomic E-state index is 13.2. The fourth-order valence-electron chi connectivity index (χ4n) is 4.38. The summed E-state index contributed by atoms with van der Waals surface area (Å²) in [5.74, 6) is 0.368. The molecule has 2 amide bonds. The maximum Gasteiger partial charge on any atom is 0.407 e. The Bertz CT molecular complexity index is 992. The van der Waals surface area contributed by atoms with Crippen LogP contribution in [0.15, 0.2) is 10.9 Å². The molecule has 1 fully saturated rings. The average molecular weight is 507 g/mol. The first-order chi connectivity index (χ1) is 16.2. The molecule has 186 valence electrons. The molecule has 0 bridgehead atoms. The van der Waals surface area contributed by atoms with Gasteiger partial charge in [0, 0.05) is 38.4 Å². The van der Waals surface area contributed by atoms with Crippen LogP contribution in [0.1, 0.15) is 51.4 Å². The predicted molar refractivity (Wildman–Crippen MR) is 131 cm³/mol. The molecule has 0 aromatic carbocycles. The van der Waals surface area contributed by atoms with Crippen LogP contribution >= 0.6 is 11.3 Å². The van der Waals surface area contributed by atoms with Gasteiger partial charge in [0.25, 0.3) is 5.91 Å². The summed E-state index contributed by atoms with van der Waals surface area (Å²) in [5.41, 5.74) is 1.02. The molecule has 10 nitrogen and oxygen atoms in total. The van der Waals surface area contributed by atoms with Gasteiger partial charge < -0.3 is 24.8 Å². The number of alkyl carbamates (subject to hydrolysis) is 1. The molecule has 0 radical (unpaired) electrons. The quantitative estimate of drug-likeness (QED) is 0.550. The smallest absolute Gasteiger partial charge is 0.407 e. The van der Waals surface area contributed by atoms with Gasteiger partial charge in [-0.2, -0.15) is 4.98 Å². The van der Waals surface area contributed by atoms with Crippen molar-refractivity contribution < 1.29 is 18.8 Å². The van der Waals surface area contributed by atoms with Crippen LogP contribution in [0, 0.1) is 0 Å². The van der Waals surface area contributed by atoms with E-state index in [-0.39, 0.29) is 23.9 Å². The highest BCUT2D eigenvalue weighted by molar-refractivity contribution is 7.13. The third-order valence-corrected chi connectivity index (χ3v) is 9.18. The number of likely N-dealkylation sites (N-methyl/N-ethyl adjacent to an activating group) is 1. The summed E-state index contributed by atoms with van der Waals surface area (Å²) in [5, 5.41) is 10.3. The molecule has 1 saturated carbocycles. The highest BCUT2D eigenvalue weighted by Crippen LogP contribution is 2.33. The van der Waals surface area contributed by atoms with E-state index in [1.807, 2.05) is 0 Å². The molecule has 2 aromatic rings. The van der Waals surface area contributed by atoms with Gasteiger partial charge in [-0.15, -0.1) is 11.3 Å². The number of carbonyl (C=O) groups is 2. The van der Waals surface area contributed by atoms with Gasteiger partial charge in [-0.3, -0.25) is 4.79 Å². The molecule has 2 aliphatic rings. The maximum absolute atomic E-state index is 13.2. The zero-order valence-electron chi connectivity index (χ0n) is 20.3. The summed E-state index contributed by atoms with van der Waals surface area (Å²) in [6.07, 6.45) is 3.83. The van der Waals surface area contributed by atoms with Crippen molar-refractivity contribution in [1.29, 1.82) is 0 Å². The minimum absolute atomic E-state index is 0.0203. The van der Waals surface area contributed by atoms with Crippen molar-refractivity contribution in [3.63, 3.8) is 0 Å². The van der Waals surface area contributed by atoms with E-state index in [0.717, 1.165) is 42.5 Å². The number of hydrogen-bond donors (Lipinski definition) is 2. The lowest BCUT2D eigenvalue weighted by Gasteiger charge is -2.35. The molecular weight excluding hydrogens is 472 g/mol. The van der Waals surface area contributed by atoms with E-state index in [4.69, 9.17) is 9.26 Å². The van der Waals surface area contributed by atoms with Crippen LogP contribution in [0.2, 0.25) is 25.7 Å². The number of carbonyl (C=O) groups excluding carboxylic acids is 2. The molecule has 2 aromatic heterocycles. The Hall–Kier alpha value is -2.31. The lowest BCUT2D eigenvalue weighted by molar-refractivity contribution is 0.0897. The van der Waals surface area contributed by atoms with Crippen LogP contribution in [-0.4, -0.2) is 72.4 Å². The van der Waals surface area contributed by atoms with E-state index in [1.54, 1.807) is 0 Å². The summed E-state index contributed by atoms with van der Waals surface area (Å²) in [6.45, 7) is 8.90. The summed E-state index contributed by atoms with van der Waals surface area (Å²) in [6, 6.07) is 0.364. The fraction of sp³-hybridized carbons (Fsp3) is 0.682. The number of nitrogens with one attached hydrogen (secondary N) is 2. The zero-order valence-corrected chi connectivity index (χ0v) is 22.1. The highest BCUT2D eigenvalue weighted by atomic mass is 32.1. The van der Waals surface area contributed by atoms with Gasteiger partial charge in [-0.25, -0.2) is 9.78 Å². The van der Waals surface area contributed by atoms with E-state index in [9.17, 15) is 9.59 Å². The van der Waals surface area contributed by atoms with Crippen LogP contribution in [0.5, 0.6) is 0 Å². The Morgan fingerprint density at radius 1 is 1.26 bits per heavy atom. The molecule has 0 unspecified atom stereocenters. The van der Waals surface area contributed by atoms with Crippen molar-refractivity contribution >= 4 is 31.4 Å². The van der Waals surface area contributed by atoms with Gasteiger partial charge in [0.2, 0.25) is 5.89 Å². The molecule has 1 aliphatic carbocycles. The largest absolute Gasteiger partial charge is 0.450 e. The molecule has 0 saturated heterocycles. The first kappa shape index (κ1) is 24.8. The topological polar surface area (TPSA) is 122 Å². The minimum atomic E-state index is -1.29. The number of fused-ring (bicyclic) bond motifs is 1. The van der Waals surface area contributed by atoms with Crippen molar-refractivity contribution in [3.8, 4) is 0 Å². The van der Waals surface area contributed by atoms with Crippen LogP contribution in [0.25, 0.3) is 0 Å². The summed E-state index contributed by atoms with van der Waals surface area (Å²) in [7, 11) is 0.778. The fourth-order valence-corrected chi connectivity index (χ4v) is 6.19. The molecule has 34 heavy (non-hydrogen) atoms. The molecule has 3 heterocycles. The Morgan fingerprint density at radius 3 is 2.82 bits per heavy atom. The van der Waals surface area contributed by atoms with E-state index < -0.39 is 14.2 Å². The van der Waals surface area contributed by atoms with Crippen LogP contribution in [-0.2, 0) is 17.7 Å². The second-order valence-corrected chi connectivity index (χ2v) is 17.1. The summed E-state index contributed by atoms with van der Waals surface area (Å²) in [4.78, 5) is 37.8. The van der Waals surface area contributed by atoms with Crippen molar-refractivity contribution in [1.82, 2.24) is 30.7 Å². The van der Waals surface area contributed by atoms with E-state index in [2.05, 4.69) is 57.3 Å². The van der Waals surface area contributed by atoms with Gasteiger partial charge in [0.05, 0.1) is 24.4 Å². The standard InChI is InChI=1S/C22H34N6O4SSi/c1-28-8-7-16-18(12-28)33-21(26-16)19(29)25-17-11-14(20-23-13-24-32-20)5-6-15(17)27-22(30)31-9-10-34(2,3)4/h13-15,17H,5-12H2,1-4H3,(H,25,29)(H,27,30)/t14-,15-,17+/m0/s1. The zero-order chi connectivity index (χ0) is 24.3. The molecular formula is C22H34N6O4SSi. The first-order valence-corrected chi connectivity index (χ1v) is 16.4. The van der Waals surface area contributed by atoms with E-state index in [0.29, 0.717) is 30.3 Å². The lowest BCUT2D eigenvalue weighted by atomic mass is 9.82. The van der Waals surface area contributed by atoms with Gasteiger partial charge in [0.1, 0.15) is 0 Å². The molecule has 3 atom stereocenters. The third kappa shape index (κ3) is 6.42. The van der Waals surface area contributed by atoms with Crippen LogP contribution < -0.4 is 10.6 Å². The Balaban J connectivity index is 1.42. The summed E-state index contributed by atoms with van der Waals surface area (Å²) < 4.78 is 10.7. The number of rotatable bonds is 7. The molecule has 12 heteroatoms. The van der Waals surface area contributed by atoms with Gasteiger partial charge in [0.15, 0.2) is 11.3 Å². The number of nitrogens with zero attached hydrogens (tertiary/aromatic N) is 4. The van der Waals surface area contributed by atoms with Crippen LogP contribution in [0.3, 0.4) is 0 Å². The van der Waals surface area contributed by atoms with Crippen molar-refractivity contribution in [3.05, 3.63) is 27.8 Å². The lowest BCUT2D eigenvalue weighted by Crippen LogP contribution is -2.54. The molecule has 2 N–H and O–H groups in total. The van der Waals surface area contributed by atoms with Crippen molar-refractivity contribution in [2.24, 2.45) is 0 Å². The molecule has 0 spiro atoms. The van der Waals surface area contributed by atoms with Gasteiger partial charge in [-0.1, -0.05) is 24.8 Å². The Morgan fingerprint density at radius 2 is 2.09 bits per heavy atom. The second-order valence-electron chi connectivity index (χ2n) is 10.4. The average Bonchev–Trinajstić information content (AvgIpc) is 3.43. The number of amides is 2. The van der Waals surface area contributed by atoms with Crippen LogP contribution in [0.4, 0.5) is 4.79 Å². The van der Waals surface area contributed by atoms with Gasteiger partial charge >= 0.3 is 6.09 Å². The normalized spacial score (nSPS) is 23.2. The highest BCUT2D eigenvalue weighted by Gasteiger charge is 2.36. The Kier molecular flexibility index (Phi) is 7.68. The Labute approximate surface area is 204 Å². The monoisotopic (exact) mass is 506 g/mol.